The first-order chi connectivity index (χ1) is 10.7. The second-order valence-electron chi connectivity index (χ2n) is 5.16. The van der Waals surface area contributed by atoms with Crippen LogP contribution in [-0.4, -0.2) is 23.4 Å². The van der Waals surface area contributed by atoms with E-state index in [0.717, 1.165) is 23.2 Å². The van der Waals surface area contributed by atoms with E-state index < -0.39 is 5.60 Å². The predicted molar refractivity (Wildman–Crippen MR) is 92.2 cm³/mol. The molecule has 0 amide bonds. The number of hydrogen-bond acceptors (Lipinski definition) is 2. The van der Waals surface area contributed by atoms with Crippen molar-refractivity contribution < 1.29 is 5.11 Å². The Labute approximate surface area is 139 Å². The lowest BCUT2D eigenvalue weighted by Crippen LogP contribution is -2.35. The summed E-state index contributed by atoms with van der Waals surface area (Å²) >= 11 is 11.8. The summed E-state index contributed by atoms with van der Waals surface area (Å²) in [5.74, 6) is 1.06. The predicted octanol–water partition coefficient (Wildman–Crippen LogP) is 4.03. The van der Waals surface area contributed by atoms with Crippen molar-refractivity contribution in [3.05, 3.63) is 64.7 Å². The minimum Gasteiger partial charge on any atom is -0.373 e. The van der Waals surface area contributed by atoms with Gasteiger partial charge in [0.1, 0.15) is 5.84 Å². The summed E-state index contributed by atoms with van der Waals surface area (Å²) in [6.45, 7) is 0.558. The first-order valence-electron chi connectivity index (χ1n) is 7.12. The minimum atomic E-state index is -1.31. The van der Waals surface area contributed by atoms with Crippen LogP contribution in [0.25, 0.3) is 0 Å². The summed E-state index contributed by atoms with van der Waals surface area (Å²) in [6.07, 6.45) is 0.759. The number of amidine groups is 1. The molecule has 0 aliphatic carbocycles. The van der Waals surface area contributed by atoms with Crippen molar-refractivity contribution in [2.75, 3.05) is 17.7 Å². The van der Waals surface area contributed by atoms with Crippen molar-refractivity contribution >= 4 is 34.7 Å². The molecule has 2 aromatic carbocycles. The third-order valence-electron chi connectivity index (χ3n) is 3.72. The van der Waals surface area contributed by atoms with Crippen molar-refractivity contribution in [3.8, 4) is 0 Å². The molecule has 1 unspecified atom stereocenters. The van der Waals surface area contributed by atoms with Gasteiger partial charge in [0.05, 0.1) is 0 Å². The fraction of sp³-hybridized carbons (Fsp3) is 0.235. The van der Waals surface area contributed by atoms with E-state index in [1.54, 1.807) is 12.1 Å². The fourth-order valence-corrected chi connectivity index (χ4v) is 2.94. The Kier molecular flexibility index (Phi) is 4.39. The SMILES string of the molecule is OC1(c2ccccc2)C(=NCCCCl)Nc2ccc(Cl)cc21. The number of rotatable bonds is 4. The van der Waals surface area contributed by atoms with Crippen molar-refractivity contribution in [1.82, 2.24) is 0 Å². The lowest BCUT2D eigenvalue weighted by Gasteiger charge is -2.24. The Morgan fingerprint density at radius 2 is 1.91 bits per heavy atom. The highest BCUT2D eigenvalue weighted by molar-refractivity contribution is 6.31. The highest BCUT2D eigenvalue weighted by Crippen LogP contribution is 2.42. The molecule has 0 bridgehead atoms. The third kappa shape index (κ3) is 2.60. The van der Waals surface area contributed by atoms with Gasteiger partial charge in [-0.15, -0.1) is 11.6 Å². The van der Waals surface area contributed by atoms with Gasteiger partial charge in [-0.2, -0.15) is 0 Å². The third-order valence-corrected chi connectivity index (χ3v) is 4.22. The van der Waals surface area contributed by atoms with E-state index in [9.17, 15) is 5.11 Å². The molecular weight excluding hydrogens is 319 g/mol. The molecule has 2 aromatic rings. The molecule has 114 valence electrons. The van der Waals surface area contributed by atoms with Crippen LogP contribution in [0.15, 0.2) is 53.5 Å². The Balaban J connectivity index is 2.12. The molecule has 1 heterocycles. The molecular formula is C17H16Cl2N2O. The Morgan fingerprint density at radius 1 is 1.14 bits per heavy atom. The van der Waals surface area contributed by atoms with Crippen LogP contribution in [0.5, 0.6) is 0 Å². The Morgan fingerprint density at radius 3 is 2.64 bits per heavy atom. The van der Waals surface area contributed by atoms with Gasteiger partial charge in [-0.3, -0.25) is 4.99 Å². The average Bonchev–Trinajstić information content (AvgIpc) is 2.82. The smallest absolute Gasteiger partial charge is 0.174 e. The first-order valence-corrected chi connectivity index (χ1v) is 8.03. The van der Waals surface area contributed by atoms with Crippen LogP contribution in [0.2, 0.25) is 5.02 Å². The van der Waals surface area contributed by atoms with Crippen LogP contribution in [0.3, 0.4) is 0 Å². The zero-order valence-corrected chi connectivity index (χ0v) is 13.4. The molecule has 0 aromatic heterocycles. The zero-order chi connectivity index (χ0) is 15.6. The lowest BCUT2D eigenvalue weighted by molar-refractivity contribution is 0.160. The number of alkyl halides is 1. The number of aliphatic hydroxyl groups is 1. The number of fused-ring (bicyclic) bond motifs is 1. The maximum absolute atomic E-state index is 11.4. The van der Waals surface area contributed by atoms with Gasteiger partial charge in [0, 0.05) is 28.7 Å². The standard InChI is InChI=1S/C17H16Cl2N2O/c18-9-4-10-20-16-17(22,12-5-2-1-3-6-12)14-11-13(19)7-8-15(14)21-16/h1-3,5-8,11,22H,4,9-10H2,(H,20,21). The minimum absolute atomic E-state index is 0.515. The molecule has 0 spiro atoms. The average molecular weight is 335 g/mol. The van der Waals surface area contributed by atoms with Gasteiger partial charge in [-0.05, 0) is 30.2 Å². The zero-order valence-electron chi connectivity index (χ0n) is 11.9. The maximum Gasteiger partial charge on any atom is 0.174 e. The Hall–Kier alpha value is -1.55. The maximum atomic E-state index is 11.4. The van der Waals surface area contributed by atoms with E-state index in [2.05, 4.69) is 10.3 Å². The monoisotopic (exact) mass is 334 g/mol. The molecule has 3 nitrogen and oxygen atoms in total. The number of nitrogens with one attached hydrogen (secondary N) is 1. The van der Waals surface area contributed by atoms with Crippen molar-refractivity contribution in [2.24, 2.45) is 4.99 Å². The van der Waals surface area contributed by atoms with Gasteiger partial charge in [-0.1, -0.05) is 41.9 Å². The van der Waals surface area contributed by atoms with E-state index in [1.807, 2.05) is 36.4 Å². The van der Waals surface area contributed by atoms with Crippen LogP contribution < -0.4 is 5.32 Å². The van der Waals surface area contributed by atoms with Crippen LogP contribution in [0.1, 0.15) is 17.5 Å². The lowest BCUT2D eigenvalue weighted by atomic mass is 9.87. The van der Waals surface area contributed by atoms with E-state index >= 15 is 0 Å². The molecule has 0 radical (unpaired) electrons. The largest absolute Gasteiger partial charge is 0.373 e. The summed E-state index contributed by atoms with van der Waals surface area (Å²) in [5, 5.41) is 15.2. The van der Waals surface area contributed by atoms with Crippen LogP contribution in [0, 0.1) is 0 Å². The van der Waals surface area contributed by atoms with E-state index in [4.69, 9.17) is 23.2 Å². The second kappa shape index (κ2) is 6.29. The van der Waals surface area contributed by atoms with Crippen LogP contribution in [0.4, 0.5) is 5.69 Å². The molecule has 2 N–H and O–H groups in total. The van der Waals surface area contributed by atoms with Crippen molar-refractivity contribution in [1.29, 1.82) is 0 Å². The quantitative estimate of drug-likeness (QED) is 0.654. The second-order valence-corrected chi connectivity index (χ2v) is 5.98. The summed E-state index contributed by atoms with van der Waals surface area (Å²) in [6, 6.07) is 14.9. The normalized spacial score (nSPS) is 21.7. The molecule has 1 atom stereocenters. The number of aliphatic imine (C=N–C) groups is 1. The molecule has 3 rings (SSSR count). The van der Waals surface area contributed by atoms with Gasteiger partial charge < -0.3 is 10.4 Å². The van der Waals surface area contributed by atoms with Gasteiger partial charge in [0.15, 0.2) is 5.60 Å². The van der Waals surface area contributed by atoms with Crippen LogP contribution in [-0.2, 0) is 5.60 Å². The van der Waals surface area contributed by atoms with Gasteiger partial charge in [0.2, 0.25) is 0 Å². The molecule has 0 saturated carbocycles. The Bertz CT molecular complexity index is 703. The van der Waals surface area contributed by atoms with Crippen LogP contribution >= 0.6 is 23.2 Å². The van der Waals surface area contributed by atoms with Gasteiger partial charge in [0.25, 0.3) is 0 Å². The first kappa shape index (κ1) is 15.3. The molecule has 0 fully saturated rings. The van der Waals surface area contributed by atoms with E-state index in [-0.39, 0.29) is 0 Å². The van der Waals surface area contributed by atoms with Gasteiger partial charge >= 0.3 is 0 Å². The molecule has 1 aliphatic rings. The highest BCUT2D eigenvalue weighted by atomic mass is 35.5. The van der Waals surface area contributed by atoms with E-state index in [1.165, 1.54) is 0 Å². The molecule has 5 heteroatoms. The number of halogens is 2. The van der Waals surface area contributed by atoms with Crippen molar-refractivity contribution in [3.63, 3.8) is 0 Å². The summed E-state index contributed by atoms with van der Waals surface area (Å²) < 4.78 is 0. The van der Waals surface area contributed by atoms with Crippen molar-refractivity contribution in [2.45, 2.75) is 12.0 Å². The fourth-order valence-electron chi connectivity index (χ4n) is 2.65. The summed E-state index contributed by atoms with van der Waals surface area (Å²) in [7, 11) is 0. The molecule has 22 heavy (non-hydrogen) atoms. The molecule has 1 aliphatic heterocycles. The summed E-state index contributed by atoms with van der Waals surface area (Å²) in [5.41, 5.74) is 0.984. The molecule has 0 saturated heterocycles. The highest BCUT2D eigenvalue weighted by Gasteiger charge is 2.44. The van der Waals surface area contributed by atoms with Gasteiger partial charge in [-0.25, -0.2) is 0 Å². The number of hydrogen-bond donors (Lipinski definition) is 2. The summed E-state index contributed by atoms with van der Waals surface area (Å²) in [4.78, 5) is 4.51. The number of nitrogens with zero attached hydrogens (tertiary/aromatic N) is 1. The number of benzene rings is 2. The topological polar surface area (TPSA) is 44.6 Å². The van der Waals surface area contributed by atoms with E-state index in [0.29, 0.717) is 23.3 Å². The number of anilines is 1.